The lowest BCUT2D eigenvalue weighted by molar-refractivity contribution is 0.833. The first-order valence-electron chi connectivity index (χ1n) is 6.90. The Morgan fingerprint density at radius 2 is 2.00 bits per heavy atom. The van der Waals surface area contributed by atoms with E-state index >= 15 is 0 Å². The Kier molecular flexibility index (Phi) is 4.29. The lowest BCUT2D eigenvalue weighted by Gasteiger charge is -2.19. The molecule has 1 N–H and O–H groups in total. The summed E-state index contributed by atoms with van der Waals surface area (Å²) < 4.78 is 0. The molecule has 0 unspecified atom stereocenters. The number of hydrogen-bond acceptors (Lipinski definition) is 2. The third kappa shape index (κ3) is 3.15. The predicted octanol–water partition coefficient (Wildman–Crippen LogP) is 3.81. The van der Waals surface area contributed by atoms with Crippen LogP contribution in [0.1, 0.15) is 38.2 Å². The molecule has 1 aliphatic heterocycles. The second kappa shape index (κ2) is 5.95. The van der Waals surface area contributed by atoms with Gasteiger partial charge in [0.05, 0.1) is 0 Å². The van der Waals surface area contributed by atoms with E-state index < -0.39 is 0 Å². The molecule has 0 aromatic heterocycles. The van der Waals surface area contributed by atoms with Gasteiger partial charge < -0.3 is 10.2 Å². The van der Waals surface area contributed by atoms with E-state index in [1.54, 1.807) is 0 Å². The van der Waals surface area contributed by atoms with Gasteiger partial charge in [-0.3, -0.25) is 0 Å². The second-order valence-electron chi connectivity index (χ2n) is 4.97. The van der Waals surface area contributed by atoms with E-state index in [0.717, 1.165) is 6.54 Å². The maximum Gasteiger partial charge on any atom is 0.0371 e. The quantitative estimate of drug-likeness (QED) is 0.777. The summed E-state index contributed by atoms with van der Waals surface area (Å²) in [6, 6.07) is 6.81. The van der Waals surface area contributed by atoms with Crippen molar-refractivity contribution in [1.82, 2.24) is 0 Å². The lowest BCUT2D eigenvalue weighted by Crippen LogP contribution is -2.17. The van der Waals surface area contributed by atoms with Crippen molar-refractivity contribution in [2.45, 2.75) is 39.5 Å². The molecule has 2 rings (SSSR count). The predicted molar refractivity (Wildman–Crippen MR) is 76.0 cm³/mol. The van der Waals surface area contributed by atoms with Gasteiger partial charge in [-0.25, -0.2) is 0 Å². The highest BCUT2D eigenvalue weighted by atomic mass is 15.1. The molecule has 1 aromatic rings. The molecule has 0 spiro atoms. The van der Waals surface area contributed by atoms with Crippen molar-refractivity contribution >= 4 is 11.4 Å². The summed E-state index contributed by atoms with van der Waals surface area (Å²) in [7, 11) is 0. The zero-order chi connectivity index (χ0) is 12.1. The van der Waals surface area contributed by atoms with E-state index in [2.05, 4.69) is 42.3 Å². The van der Waals surface area contributed by atoms with Crippen LogP contribution in [0.4, 0.5) is 11.4 Å². The Morgan fingerprint density at radius 1 is 1.24 bits per heavy atom. The van der Waals surface area contributed by atoms with Crippen molar-refractivity contribution in [2.24, 2.45) is 0 Å². The van der Waals surface area contributed by atoms with Crippen molar-refractivity contribution in [3.8, 4) is 0 Å². The molecule has 0 amide bonds. The fourth-order valence-electron chi connectivity index (χ4n) is 2.42. The largest absolute Gasteiger partial charge is 0.385 e. The SMILES string of the molecule is CCCCNc1ccc(N2CCCC2)cc1C. The van der Waals surface area contributed by atoms with Crippen LogP contribution >= 0.6 is 0 Å². The van der Waals surface area contributed by atoms with Crippen molar-refractivity contribution in [1.29, 1.82) is 0 Å². The molecule has 1 fully saturated rings. The molecule has 2 heteroatoms. The van der Waals surface area contributed by atoms with E-state index in [0.29, 0.717) is 0 Å². The summed E-state index contributed by atoms with van der Waals surface area (Å²) in [5.74, 6) is 0. The van der Waals surface area contributed by atoms with Crippen LogP contribution in [-0.2, 0) is 0 Å². The normalized spacial score (nSPS) is 15.3. The first-order valence-corrected chi connectivity index (χ1v) is 6.90. The summed E-state index contributed by atoms with van der Waals surface area (Å²) in [6.07, 6.45) is 5.18. The van der Waals surface area contributed by atoms with Gasteiger partial charge >= 0.3 is 0 Å². The molecule has 1 aliphatic rings. The minimum Gasteiger partial charge on any atom is -0.385 e. The van der Waals surface area contributed by atoms with Crippen LogP contribution in [0.15, 0.2) is 18.2 Å². The van der Waals surface area contributed by atoms with Gasteiger partial charge in [-0.15, -0.1) is 0 Å². The van der Waals surface area contributed by atoms with E-state index in [4.69, 9.17) is 0 Å². The summed E-state index contributed by atoms with van der Waals surface area (Å²) in [6.45, 7) is 7.96. The summed E-state index contributed by atoms with van der Waals surface area (Å²) >= 11 is 0. The molecule has 0 saturated carbocycles. The van der Waals surface area contributed by atoms with Gasteiger partial charge in [-0.1, -0.05) is 13.3 Å². The lowest BCUT2D eigenvalue weighted by atomic mass is 10.1. The van der Waals surface area contributed by atoms with Crippen LogP contribution in [0.25, 0.3) is 0 Å². The van der Waals surface area contributed by atoms with E-state index in [9.17, 15) is 0 Å². The molecule has 0 bridgehead atoms. The van der Waals surface area contributed by atoms with Crippen LogP contribution in [0, 0.1) is 6.92 Å². The molecule has 0 aliphatic carbocycles. The summed E-state index contributed by atoms with van der Waals surface area (Å²) in [5, 5.41) is 3.51. The number of nitrogens with zero attached hydrogens (tertiary/aromatic N) is 1. The number of unbranched alkanes of at least 4 members (excludes halogenated alkanes) is 1. The van der Waals surface area contributed by atoms with E-state index in [1.807, 2.05) is 0 Å². The van der Waals surface area contributed by atoms with Crippen LogP contribution in [0.2, 0.25) is 0 Å². The maximum atomic E-state index is 3.51. The molecule has 0 atom stereocenters. The summed E-state index contributed by atoms with van der Waals surface area (Å²) in [5.41, 5.74) is 4.05. The molecule has 1 aromatic carbocycles. The number of aryl methyl sites for hydroxylation is 1. The second-order valence-corrected chi connectivity index (χ2v) is 4.97. The van der Waals surface area contributed by atoms with E-state index in [-0.39, 0.29) is 0 Å². The van der Waals surface area contributed by atoms with Crippen molar-refractivity contribution in [2.75, 3.05) is 29.9 Å². The average molecular weight is 232 g/mol. The first kappa shape index (κ1) is 12.3. The first-order chi connectivity index (χ1) is 8.31. The van der Waals surface area contributed by atoms with Gasteiger partial charge in [0.15, 0.2) is 0 Å². The van der Waals surface area contributed by atoms with Crippen molar-refractivity contribution in [3.63, 3.8) is 0 Å². The smallest absolute Gasteiger partial charge is 0.0371 e. The number of nitrogens with one attached hydrogen (secondary N) is 1. The molecule has 94 valence electrons. The molecule has 1 saturated heterocycles. The molecular weight excluding hydrogens is 208 g/mol. The third-order valence-electron chi connectivity index (χ3n) is 3.53. The molecule has 1 heterocycles. The zero-order valence-corrected chi connectivity index (χ0v) is 11.1. The number of hydrogen-bond donors (Lipinski definition) is 1. The Hall–Kier alpha value is -1.18. The van der Waals surface area contributed by atoms with Gasteiger partial charge in [0, 0.05) is 31.0 Å². The van der Waals surface area contributed by atoms with E-state index in [1.165, 1.54) is 55.7 Å². The van der Waals surface area contributed by atoms with Gasteiger partial charge in [-0.2, -0.15) is 0 Å². The van der Waals surface area contributed by atoms with Crippen LogP contribution < -0.4 is 10.2 Å². The maximum absolute atomic E-state index is 3.51. The van der Waals surface area contributed by atoms with Gasteiger partial charge in [0.2, 0.25) is 0 Å². The highest BCUT2D eigenvalue weighted by Gasteiger charge is 2.12. The molecule has 2 nitrogen and oxygen atoms in total. The standard InChI is InChI=1S/C15H24N2/c1-3-4-9-16-15-8-7-14(12-13(15)2)17-10-5-6-11-17/h7-8,12,16H,3-6,9-11H2,1-2H3. The minimum atomic E-state index is 1.08. The minimum absolute atomic E-state index is 1.08. The monoisotopic (exact) mass is 232 g/mol. The van der Waals surface area contributed by atoms with Gasteiger partial charge in [-0.05, 0) is 49.9 Å². The topological polar surface area (TPSA) is 15.3 Å². The number of rotatable bonds is 5. The number of anilines is 2. The van der Waals surface area contributed by atoms with Crippen LogP contribution in [0.5, 0.6) is 0 Å². The molecule has 17 heavy (non-hydrogen) atoms. The molecular formula is C15H24N2. The van der Waals surface area contributed by atoms with Crippen LogP contribution in [0.3, 0.4) is 0 Å². The van der Waals surface area contributed by atoms with Crippen molar-refractivity contribution in [3.05, 3.63) is 23.8 Å². The Labute approximate surface area is 105 Å². The average Bonchev–Trinajstić information content (AvgIpc) is 2.85. The molecule has 0 radical (unpaired) electrons. The summed E-state index contributed by atoms with van der Waals surface area (Å²) in [4.78, 5) is 2.49. The van der Waals surface area contributed by atoms with Gasteiger partial charge in [0.25, 0.3) is 0 Å². The third-order valence-corrected chi connectivity index (χ3v) is 3.53. The fourth-order valence-corrected chi connectivity index (χ4v) is 2.42. The van der Waals surface area contributed by atoms with Crippen molar-refractivity contribution < 1.29 is 0 Å². The Bertz CT molecular complexity index is 354. The van der Waals surface area contributed by atoms with Crippen LogP contribution in [-0.4, -0.2) is 19.6 Å². The number of benzene rings is 1. The Morgan fingerprint density at radius 3 is 2.65 bits per heavy atom. The highest BCUT2D eigenvalue weighted by molar-refractivity contribution is 5.60. The highest BCUT2D eigenvalue weighted by Crippen LogP contribution is 2.25. The fraction of sp³-hybridized carbons (Fsp3) is 0.600. The Balaban J connectivity index is 2.00. The zero-order valence-electron chi connectivity index (χ0n) is 11.1. The van der Waals surface area contributed by atoms with Gasteiger partial charge in [0.1, 0.15) is 0 Å².